The number of ketones is 1. The van der Waals surface area contributed by atoms with Crippen LogP contribution in [0.15, 0.2) is 231 Å². The number of carbonyl (C=O) groups is 3. The molecule has 23 nitrogen and oxygen atoms in total. The number of hydrogen-bond donors (Lipinski definition) is 4. The SMILES string of the molecule is CCCOc1cccc(OCC(O)c2ccccc2)c1.CCCOc1cccc(OCCCC(=O)CC)c1.CCCOc1cccc(OCCCC(=O)N(C)C)c1.CCCOc1cccc(OCCCC(N)=O)c1.CCCOc1cccc(OCCCCCO)c1.CCCOc1cccc(OCCCCCOCc2ccccc2)c1.CCCOc1cccc(OCCO)c1. The Bertz CT molecular complexity index is 4190. The summed E-state index contributed by atoms with van der Waals surface area (Å²) in [6.45, 7) is 26.8. The molecule has 5 N–H and O–H groups in total. The lowest BCUT2D eigenvalue weighted by molar-refractivity contribution is -0.129. The Hall–Kier alpha value is -11.4. The van der Waals surface area contributed by atoms with Crippen LogP contribution in [-0.2, 0) is 25.7 Å². The molecule has 2 amide bonds. The molecule has 0 saturated carbocycles. The first kappa shape index (κ1) is 112. The average Bonchev–Trinajstić information content (AvgIpc) is 0.952. The van der Waals surface area contributed by atoms with Gasteiger partial charge in [-0.15, -0.1) is 0 Å². The summed E-state index contributed by atoms with van der Waals surface area (Å²) >= 11 is 0. The first-order valence-electron chi connectivity index (χ1n) is 46.1. The van der Waals surface area contributed by atoms with E-state index in [1.165, 1.54) is 5.56 Å². The smallest absolute Gasteiger partial charge is 0.222 e. The first-order valence-corrected chi connectivity index (χ1v) is 46.1. The number of hydrogen-bond acceptors (Lipinski definition) is 21. The van der Waals surface area contributed by atoms with E-state index >= 15 is 0 Å². The van der Waals surface area contributed by atoms with Gasteiger partial charge in [-0.2, -0.15) is 0 Å². The highest BCUT2D eigenvalue weighted by Crippen LogP contribution is 2.27. The Morgan fingerprint density at radius 1 is 0.295 bits per heavy atom. The molecule has 9 aromatic carbocycles. The summed E-state index contributed by atoms with van der Waals surface area (Å²) in [5, 5.41) is 27.3. The van der Waals surface area contributed by atoms with Gasteiger partial charge >= 0.3 is 0 Å². The second kappa shape index (κ2) is 76.7. The summed E-state index contributed by atoms with van der Waals surface area (Å²) in [7, 11) is 3.52. The quantitative estimate of drug-likeness (QED) is 0.0258. The molecular formula is C106H150N2O21. The van der Waals surface area contributed by atoms with E-state index in [0.717, 1.165) is 203 Å². The number of nitrogens with two attached hydrogens (primary N) is 1. The Labute approximate surface area is 770 Å². The van der Waals surface area contributed by atoms with Gasteiger partial charge in [-0.1, -0.05) is 159 Å². The van der Waals surface area contributed by atoms with E-state index in [1.807, 2.05) is 225 Å². The molecule has 129 heavy (non-hydrogen) atoms. The zero-order valence-electron chi connectivity index (χ0n) is 78.6. The van der Waals surface area contributed by atoms with Crippen molar-refractivity contribution in [3.8, 4) is 80.5 Å². The van der Waals surface area contributed by atoms with Crippen LogP contribution in [0, 0.1) is 0 Å². The lowest BCUT2D eigenvalue weighted by atomic mass is 10.1. The standard InChI is InChI=1S/C21H28O3.C17H20O3.C15H23NO3.C15H22O3.C14H22O3.C13H19NO3.C11H16O3/c1-2-14-23-20-12-9-13-21(17-20)24-16-8-4-7-15-22-18-19-10-5-3-6-11-19;1-2-11-19-15-9-6-10-16(12-15)20-13-17(18)14-7-4-3-5-8-14;1-4-10-18-13-7-5-8-14(12-13)19-11-6-9-15(17)16(2)3;1-3-10-17-14-8-5-9-15(12-14)18-11-6-7-13(16)4-2;1-2-10-16-13-7-6-8-14(12-13)17-11-5-3-4-9-15;1-2-8-16-11-5-3-6-12(10-11)17-9-4-7-13(14)15;1-2-7-13-10-4-3-5-11(9-10)14-8-6-12/h3,5-6,9-13,17H,2,4,7-8,14-16,18H2,1H3;3-10,12,17-18H,2,11,13H2,1H3;5,7-8,12H,4,6,9-11H2,1-3H3;5,8-9,12H,3-4,6-7,10-11H2,1-2H3;6-8,12,15H,2-5,9-11H2,1H3;3,5-6,10H,2,4,7-9H2,1H3,(H2,14,15);3-5,9,12H,2,6-8H2,1H3. The largest absolute Gasteiger partial charge is 0.493 e. The highest BCUT2D eigenvalue weighted by atomic mass is 16.5. The number of nitrogens with zero attached hydrogens (tertiary/aromatic N) is 1. The summed E-state index contributed by atoms with van der Waals surface area (Å²) in [6.07, 6.45) is 16.5. The minimum Gasteiger partial charge on any atom is -0.493 e. The number of aliphatic hydroxyl groups is 3. The van der Waals surface area contributed by atoms with Crippen LogP contribution in [0.1, 0.15) is 201 Å². The second-order valence-electron chi connectivity index (χ2n) is 29.7. The third-order valence-corrected chi connectivity index (χ3v) is 17.7. The molecule has 9 aromatic rings. The fourth-order valence-corrected chi connectivity index (χ4v) is 11.0. The van der Waals surface area contributed by atoms with Crippen LogP contribution in [0.2, 0.25) is 0 Å². The fourth-order valence-electron chi connectivity index (χ4n) is 11.0. The van der Waals surface area contributed by atoms with Gasteiger partial charge in [-0.05, 0) is 199 Å². The fraction of sp³-hybridized carbons (Fsp3) is 0.462. The van der Waals surface area contributed by atoms with Crippen molar-refractivity contribution < 1.29 is 101 Å². The van der Waals surface area contributed by atoms with Crippen LogP contribution in [0.5, 0.6) is 80.5 Å². The number of unbranched alkanes of at least 4 members (excludes halogenated alkanes) is 4. The van der Waals surface area contributed by atoms with Crippen molar-refractivity contribution >= 4 is 17.6 Å². The number of rotatable bonds is 59. The molecule has 0 bridgehead atoms. The van der Waals surface area contributed by atoms with Gasteiger partial charge < -0.3 is 97.0 Å². The van der Waals surface area contributed by atoms with E-state index in [4.69, 9.17) is 87.0 Å². The van der Waals surface area contributed by atoms with Gasteiger partial charge in [0.25, 0.3) is 0 Å². The van der Waals surface area contributed by atoms with Crippen molar-refractivity contribution in [2.24, 2.45) is 5.73 Å². The van der Waals surface area contributed by atoms with Gasteiger partial charge in [-0.3, -0.25) is 14.4 Å². The highest BCUT2D eigenvalue weighted by molar-refractivity contribution is 5.78. The van der Waals surface area contributed by atoms with E-state index in [9.17, 15) is 19.5 Å². The Kier molecular flexibility index (Phi) is 66.4. The van der Waals surface area contributed by atoms with Gasteiger partial charge in [0, 0.05) is 95.5 Å². The maximum atomic E-state index is 11.4. The van der Waals surface area contributed by atoms with Crippen LogP contribution in [-0.4, -0.2) is 164 Å². The molecule has 0 saturated heterocycles. The zero-order chi connectivity index (χ0) is 93.5. The number of primary amides is 1. The van der Waals surface area contributed by atoms with Crippen molar-refractivity contribution in [3.63, 3.8) is 0 Å². The molecule has 0 aliphatic rings. The molecule has 0 aliphatic carbocycles. The molecule has 1 unspecified atom stereocenters. The first-order chi connectivity index (χ1) is 63.0. The molecule has 9 rings (SSSR count). The van der Waals surface area contributed by atoms with Gasteiger partial charge in [0.2, 0.25) is 11.8 Å². The van der Waals surface area contributed by atoms with E-state index in [1.54, 1.807) is 19.0 Å². The molecule has 0 spiro atoms. The van der Waals surface area contributed by atoms with Crippen molar-refractivity contribution in [2.75, 3.05) is 126 Å². The van der Waals surface area contributed by atoms with Gasteiger partial charge in [0.15, 0.2) is 0 Å². The zero-order valence-corrected chi connectivity index (χ0v) is 78.6. The molecule has 0 heterocycles. The summed E-state index contributed by atoms with van der Waals surface area (Å²) in [6, 6.07) is 73.0. The highest BCUT2D eigenvalue weighted by Gasteiger charge is 2.11. The molecule has 0 radical (unpaired) electrons. The van der Waals surface area contributed by atoms with E-state index in [2.05, 4.69) is 60.6 Å². The summed E-state index contributed by atoms with van der Waals surface area (Å²) in [5.41, 5.74) is 7.12. The molecule has 0 fully saturated rings. The van der Waals surface area contributed by atoms with Crippen molar-refractivity contribution in [3.05, 3.63) is 242 Å². The molecular weight excluding hydrogens is 1640 g/mol. The third kappa shape index (κ3) is 59.4. The molecule has 0 aromatic heterocycles. The Balaban J connectivity index is 0.000000390. The van der Waals surface area contributed by atoms with Crippen molar-refractivity contribution in [2.45, 2.75) is 197 Å². The van der Waals surface area contributed by atoms with Gasteiger partial charge in [-0.25, -0.2) is 0 Å². The average molecular weight is 1790 g/mol. The minimum absolute atomic E-state index is 0.0278. The molecule has 1 atom stereocenters. The summed E-state index contributed by atoms with van der Waals surface area (Å²) < 4.78 is 83.3. The summed E-state index contributed by atoms with van der Waals surface area (Å²) in [5.74, 6) is 11.4. The second-order valence-corrected chi connectivity index (χ2v) is 29.7. The number of amides is 2. The minimum atomic E-state index is -0.628. The van der Waals surface area contributed by atoms with Crippen LogP contribution >= 0.6 is 0 Å². The van der Waals surface area contributed by atoms with Gasteiger partial charge in [0.1, 0.15) is 106 Å². The lowest BCUT2D eigenvalue weighted by Gasteiger charge is -2.13. The van der Waals surface area contributed by atoms with Crippen molar-refractivity contribution in [1.82, 2.24) is 4.90 Å². The van der Waals surface area contributed by atoms with E-state index in [-0.39, 0.29) is 31.6 Å². The maximum absolute atomic E-state index is 11.4. The monoisotopic (exact) mass is 1790 g/mol. The number of carbonyl (C=O) groups excluding carboxylic acids is 3. The van der Waals surface area contributed by atoms with Crippen molar-refractivity contribution in [1.29, 1.82) is 0 Å². The predicted molar refractivity (Wildman–Crippen MR) is 514 cm³/mol. The van der Waals surface area contributed by atoms with E-state index < -0.39 is 6.10 Å². The number of benzene rings is 9. The molecule has 23 heteroatoms. The Morgan fingerprint density at radius 3 is 0.860 bits per heavy atom. The van der Waals surface area contributed by atoms with Crippen LogP contribution in [0.3, 0.4) is 0 Å². The predicted octanol–water partition coefficient (Wildman–Crippen LogP) is 22.1. The number of Topliss-reactive ketones (excluding diaryl/α,β-unsaturated/α-hetero) is 1. The maximum Gasteiger partial charge on any atom is 0.222 e. The normalized spacial score (nSPS) is 10.4. The lowest BCUT2D eigenvalue weighted by Crippen LogP contribution is -2.21. The van der Waals surface area contributed by atoms with Crippen LogP contribution in [0.25, 0.3) is 0 Å². The Morgan fingerprint density at radius 2 is 0.566 bits per heavy atom. The van der Waals surface area contributed by atoms with E-state index in [0.29, 0.717) is 116 Å². The number of ether oxygens (including phenoxy) is 15. The van der Waals surface area contributed by atoms with Crippen LogP contribution < -0.4 is 72.0 Å². The topological polar surface area (TPSA) is 280 Å². The number of aliphatic hydroxyl groups excluding tert-OH is 3. The molecule has 0 aliphatic heterocycles. The summed E-state index contributed by atoms with van der Waals surface area (Å²) in [4.78, 5) is 34.6. The van der Waals surface area contributed by atoms with Gasteiger partial charge in [0.05, 0.1) is 92.5 Å². The third-order valence-electron chi connectivity index (χ3n) is 17.7. The molecule has 710 valence electrons. The van der Waals surface area contributed by atoms with Crippen LogP contribution in [0.4, 0.5) is 0 Å².